The van der Waals surface area contributed by atoms with E-state index in [0.29, 0.717) is 0 Å². The molecule has 1 heteroatoms. The van der Waals surface area contributed by atoms with Crippen LogP contribution < -0.4 is 5.73 Å². The highest BCUT2D eigenvalue weighted by Crippen LogP contribution is 2.28. The average molecular weight is 219 g/mol. The third kappa shape index (κ3) is 3.34. The van der Waals surface area contributed by atoms with Gasteiger partial charge in [-0.05, 0) is 12.0 Å². The van der Waals surface area contributed by atoms with Crippen molar-refractivity contribution in [1.29, 1.82) is 0 Å². The van der Waals surface area contributed by atoms with Gasteiger partial charge in [0, 0.05) is 11.5 Å². The van der Waals surface area contributed by atoms with E-state index < -0.39 is 0 Å². The molecular formula is C15H25N. The maximum absolute atomic E-state index is 6.32. The van der Waals surface area contributed by atoms with E-state index in [2.05, 4.69) is 51.1 Å². The molecule has 0 spiro atoms. The first kappa shape index (κ1) is 13.2. The SMILES string of the molecule is CCCCCC(N)C(C)(C)c1ccccc1. The maximum Gasteiger partial charge on any atom is 0.0131 e. The van der Waals surface area contributed by atoms with E-state index >= 15 is 0 Å². The zero-order valence-electron chi connectivity index (χ0n) is 10.9. The van der Waals surface area contributed by atoms with E-state index in [1.54, 1.807) is 0 Å². The second-order valence-electron chi connectivity index (χ2n) is 5.19. The Balaban J connectivity index is 2.62. The molecule has 0 heterocycles. The van der Waals surface area contributed by atoms with Crippen LogP contribution in [-0.4, -0.2) is 6.04 Å². The Morgan fingerprint density at radius 1 is 1.12 bits per heavy atom. The lowest BCUT2D eigenvalue weighted by molar-refractivity contribution is 0.377. The highest BCUT2D eigenvalue weighted by Gasteiger charge is 2.27. The summed E-state index contributed by atoms with van der Waals surface area (Å²) in [4.78, 5) is 0. The molecule has 1 nitrogen and oxygen atoms in total. The van der Waals surface area contributed by atoms with Crippen molar-refractivity contribution in [3.8, 4) is 0 Å². The van der Waals surface area contributed by atoms with Crippen molar-refractivity contribution in [3.05, 3.63) is 35.9 Å². The summed E-state index contributed by atoms with van der Waals surface area (Å²) in [5.41, 5.74) is 7.75. The quantitative estimate of drug-likeness (QED) is 0.722. The van der Waals surface area contributed by atoms with Gasteiger partial charge in [0.1, 0.15) is 0 Å². The van der Waals surface area contributed by atoms with Crippen molar-refractivity contribution >= 4 is 0 Å². The van der Waals surface area contributed by atoms with Crippen molar-refractivity contribution in [3.63, 3.8) is 0 Å². The van der Waals surface area contributed by atoms with E-state index in [-0.39, 0.29) is 11.5 Å². The van der Waals surface area contributed by atoms with Crippen LogP contribution in [0, 0.1) is 0 Å². The van der Waals surface area contributed by atoms with E-state index in [4.69, 9.17) is 5.73 Å². The standard InChI is InChI=1S/C15H25N/c1-4-5-7-12-14(16)15(2,3)13-10-8-6-9-11-13/h6,8-11,14H,4-5,7,12,16H2,1-3H3. The molecule has 0 bridgehead atoms. The summed E-state index contributed by atoms with van der Waals surface area (Å²) in [6.07, 6.45) is 4.92. The molecule has 0 aromatic heterocycles. The van der Waals surface area contributed by atoms with Gasteiger partial charge < -0.3 is 5.73 Å². The minimum absolute atomic E-state index is 0.0784. The fraction of sp³-hybridized carbons (Fsp3) is 0.600. The van der Waals surface area contributed by atoms with Gasteiger partial charge in [-0.2, -0.15) is 0 Å². The molecule has 0 aliphatic rings. The van der Waals surface area contributed by atoms with Crippen molar-refractivity contribution in [2.75, 3.05) is 0 Å². The molecule has 0 aliphatic heterocycles. The van der Waals surface area contributed by atoms with E-state index in [1.165, 1.54) is 24.8 Å². The van der Waals surface area contributed by atoms with Crippen LogP contribution in [0.1, 0.15) is 52.0 Å². The summed E-state index contributed by atoms with van der Waals surface area (Å²) in [6, 6.07) is 10.9. The average Bonchev–Trinajstić information content (AvgIpc) is 2.30. The monoisotopic (exact) mass is 219 g/mol. The van der Waals surface area contributed by atoms with Crippen LogP contribution in [0.15, 0.2) is 30.3 Å². The van der Waals surface area contributed by atoms with Gasteiger partial charge in [-0.15, -0.1) is 0 Å². The topological polar surface area (TPSA) is 26.0 Å². The predicted octanol–water partition coefficient (Wildman–Crippen LogP) is 3.87. The molecule has 16 heavy (non-hydrogen) atoms. The van der Waals surface area contributed by atoms with Gasteiger partial charge in [-0.3, -0.25) is 0 Å². The first-order valence-corrected chi connectivity index (χ1v) is 6.40. The highest BCUT2D eigenvalue weighted by atomic mass is 14.7. The van der Waals surface area contributed by atoms with Gasteiger partial charge in [0.2, 0.25) is 0 Å². The predicted molar refractivity (Wildman–Crippen MR) is 71.6 cm³/mol. The fourth-order valence-corrected chi connectivity index (χ4v) is 2.06. The second-order valence-corrected chi connectivity index (χ2v) is 5.19. The molecule has 1 atom stereocenters. The maximum atomic E-state index is 6.32. The Bertz CT molecular complexity index is 290. The molecule has 2 N–H and O–H groups in total. The number of nitrogens with two attached hydrogens (primary N) is 1. The van der Waals surface area contributed by atoms with E-state index in [0.717, 1.165) is 6.42 Å². The molecule has 0 saturated carbocycles. The molecule has 1 aromatic carbocycles. The zero-order valence-corrected chi connectivity index (χ0v) is 10.9. The molecule has 0 saturated heterocycles. The summed E-state index contributed by atoms with van der Waals surface area (Å²) in [7, 11) is 0. The van der Waals surface area contributed by atoms with E-state index in [1.807, 2.05) is 0 Å². The van der Waals surface area contributed by atoms with Gasteiger partial charge >= 0.3 is 0 Å². The molecule has 0 aliphatic carbocycles. The first-order chi connectivity index (χ1) is 7.59. The summed E-state index contributed by atoms with van der Waals surface area (Å²) >= 11 is 0. The minimum atomic E-state index is 0.0784. The van der Waals surface area contributed by atoms with Crippen molar-refractivity contribution < 1.29 is 0 Å². The number of benzene rings is 1. The lowest BCUT2D eigenvalue weighted by atomic mass is 9.76. The third-order valence-corrected chi connectivity index (χ3v) is 3.56. The van der Waals surface area contributed by atoms with Crippen LogP contribution >= 0.6 is 0 Å². The summed E-state index contributed by atoms with van der Waals surface area (Å²) in [5.74, 6) is 0. The van der Waals surface area contributed by atoms with Crippen LogP contribution in [0.25, 0.3) is 0 Å². The van der Waals surface area contributed by atoms with Crippen molar-refractivity contribution in [2.24, 2.45) is 5.73 Å². The minimum Gasteiger partial charge on any atom is -0.327 e. The smallest absolute Gasteiger partial charge is 0.0131 e. The summed E-state index contributed by atoms with van der Waals surface area (Å²) in [5, 5.41) is 0. The number of hydrogen-bond acceptors (Lipinski definition) is 1. The summed E-state index contributed by atoms with van der Waals surface area (Å²) in [6.45, 7) is 6.73. The Hall–Kier alpha value is -0.820. The largest absolute Gasteiger partial charge is 0.327 e. The fourth-order valence-electron chi connectivity index (χ4n) is 2.06. The number of rotatable bonds is 6. The van der Waals surface area contributed by atoms with Crippen LogP contribution in [0.4, 0.5) is 0 Å². The molecule has 1 unspecified atom stereocenters. The van der Waals surface area contributed by atoms with Gasteiger partial charge in [-0.1, -0.05) is 70.4 Å². The Labute approximate surface area is 100 Å². The molecule has 1 aromatic rings. The first-order valence-electron chi connectivity index (χ1n) is 6.40. The summed E-state index contributed by atoms with van der Waals surface area (Å²) < 4.78 is 0. The molecule has 90 valence electrons. The zero-order chi connectivity index (χ0) is 12.0. The van der Waals surface area contributed by atoms with E-state index in [9.17, 15) is 0 Å². The van der Waals surface area contributed by atoms with Gasteiger partial charge in [-0.25, -0.2) is 0 Å². The Kier molecular flexibility index (Phi) is 5.01. The highest BCUT2D eigenvalue weighted by molar-refractivity contribution is 5.25. The third-order valence-electron chi connectivity index (χ3n) is 3.56. The Morgan fingerprint density at radius 3 is 2.31 bits per heavy atom. The van der Waals surface area contributed by atoms with Crippen LogP contribution in [-0.2, 0) is 5.41 Å². The van der Waals surface area contributed by atoms with Crippen LogP contribution in [0.2, 0.25) is 0 Å². The van der Waals surface area contributed by atoms with Crippen LogP contribution in [0.5, 0.6) is 0 Å². The van der Waals surface area contributed by atoms with Crippen LogP contribution in [0.3, 0.4) is 0 Å². The second kappa shape index (κ2) is 6.05. The Morgan fingerprint density at radius 2 is 1.75 bits per heavy atom. The van der Waals surface area contributed by atoms with Crippen molar-refractivity contribution in [2.45, 2.75) is 57.9 Å². The molecule has 0 fully saturated rings. The molecule has 1 rings (SSSR count). The molecule has 0 radical (unpaired) electrons. The lowest BCUT2D eigenvalue weighted by Gasteiger charge is -2.32. The number of hydrogen-bond donors (Lipinski definition) is 1. The molecular weight excluding hydrogens is 194 g/mol. The van der Waals surface area contributed by atoms with Gasteiger partial charge in [0.05, 0.1) is 0 Å². The lowest BCUT2D eigenvalue weighted by Crippen LogP contribution is -2.40. The number of unbranched alkanes of at least 4 members (excludes halogenated alkanes) is 2. The normalized spacial score (nSPS) is 13.8. The van der Waals surface area contributed by atoms with Crippen molar-refractivity contribution in [1.82, 2.24) is 0 Å². The van der Waals surface area contributed by atoms with Gasteiger partial charge in [0.15, 0.2) is 0 Å². The molecule has 0 amide bonds. The van der Waals surface area contributed by atoms with Gasteiger partial charge in [0.25, 0.3) is 0 Å².